The summed E-state index contributed by atoms with van der Waals surface area (Å²) in [7, 11) is 1.65. The lowest BCUT2D eigenvalue weighted by Crippen LogP contribution is -2.50. The quantitative estimate of drug-likeness (QED) is 0.291. The van der Waals surface area contributed by atoms with Gasteiger partial charge in [-0.2, -0.15) is 13.2 Å². The van der Waals surface area contributed by atoms with Crippen molar-refractivity contribution in [2.24, 2.45) is 10.9 Å². The molecule has 0 radical (unpaired) electrons. The van der Waals surface area contributed by atoms with Crippen molar-refractivity contribution in [3.8, 4) is 5.75 Å². The van der Waals surface area contributed by atoms with Gasteiger partial charge in [0.05, 0.1) is 12.7 Å². The third-order valence-electron chi connectivity index (χ3n) is 4.63. The summed E-state index contributed by atoms with van der Waals surface area (Å²) in [6.45, 7) is 9.32. The molecule has 0 spiro atoms. The summed E-state index contributed by atoms with van der Waals surface area (Å²) in [5, 5.41) is 6.37. The maximum Gasteiger partial charge on any atom is 0.422 e. The Balaban J connectivity index is 0.00000480. The van der Waals surface area contributed by atoms with Crippen molar-refractivity contribution >= 4 is 29.9 Å². The van der Waals surface area contributed by atoms with Gasteiger partial charge in [0.1, 0.15) is 5.75 Å². The van der Waals surface area contributed by atoms with E-state index in [1.807, 2.05) is 13.0 Å². The number of aliphatic imine (C=N–C) groups is 1. The van der Waals surface area contributed by atoms with Crippen molar-refractivity contribution in [1.82, 2.24) is 15.5 Å². The highest BCUT2D eigenvalue weighted by Crippen LogP contribution is 2.23. The Labute approximate surface area is 200 Å². The molecular weight excluding hydrogens is 524 g/mol. The number of alkyl halides is 3. The summed E-state index contributed by atoms with van der Waals surface area (Å²) in [5.74, 6) is 1.38. The van der Waals surface area contributed by atoms with Crippen molar-refractivity contribution in [2.75, 3.05) is 46.4 Å². The number of nitrogens with zero attached hydrogens (tertiary/aromatic N) is 2. The fourth-order valence-electron chi connectivity index (χ4n) is 3.30. The molecule has 31 heavy (non-hydrogen) atoms. The Morgan fingerprint density at radius 3 is 2.71 bits per heavy atom. The topological polar surface area (TPSA) is 58.1 Å². The fourth-order valence-corrected chi connectivity index (χ4v) is 3.30. The van der Waals surface area contributed by atoms with Gasteiger partial charge in [0, 0.05) is 45.3 Å². The third-order valence-corrected chi connectivity index (χ3v) is 4.63. The lowest BCUT2D eigenvalue weighted by molar-refractivity contribution is -0.153. The number of guanidine groups is 1. The smallest absolute Gasteiger partial charge is 0.422 e. The molecule has 6 nitrogen and oxygen atoms in total. The average molecular weight is 558 g/mol. The zero-order valence-corrected chi connectivity index (χ0v) is 20.9. The van der Waals surface area contributed by atoms with Gasteiger partial charge in [-0.15, -0.1) is 24.0 Å². The lowest BCUT2D eigenvalue weighted by Gasteiger charge is -2.34. The summed E-state index contributed by atoms with van der Waals surface area (Å²) in [5.41, 5.74) is 1.46. The van der Waals surface area contributed by atoms with Gasteiger partial charge in [-0.3, -0.25) is 9.89 Å². The number of halogens is 4. The Kier molecular flexibility index (Phi) is 11.9. The van der Waals surface area contributed by atoms with Crippen LogP contribution in [0.4, 0.5) is 13.2 Å². The van der Waals surface area contributed by atoms with Gasteiger partial charge >= 0.3 is 6.18 Å². The Morgan fingerprint density at radius 1 is 1.32 bits per heavy atom. The predicted octanol–water partition coefficient (Wildman–Crippen LogP) is 3.58. The first-order chi connectivity index (χ1) is 14.2. The summed E-state index contributed by atoms with van der Waals surface area (Å²) in [6.07, 6.45) is -4.32. The van der Waals surface area contributed by atoms with Crippen molar-refractivity contribution < 1.29 is 22.6 Å². The van der Waals surface area contributed by atoms with E-state index in [-0.39, 0.29) is 42.4 Å². The van der Waals surface area contributed by atoms with E-state index in [4.69, 9.17) is 9.47 Å². The van der Waals surface area contributed by atoms with Crippen LogP contribution in [0.5, 0.6) is 5.75 Å². The number of aryl methyl sites for hydroxylation is 1. The molecule has 1 aliphatic heterocycles. The molecule has 1 aromatic carbocycles. The molecule has 0 bridgehead atoms. The first kappa shape index (κ1) is 27.8. The first-order valence-corrected chi connectivity index (χ1v) is 10.2. The maximum absolute atomic E-state index is 12.5. The highest BCUT2D eigenvalue weighted by atomic mass is 127. The van der Waals surface area contributed by atoms with Gasteiger partial charge < -0.3 is 20.1 Å². The SMILES string of the molecule is CN=C(NCc1ccc(C)cc1OCC(F)(F)F)NCC1CN(CC(C)C)CCO1.I. The summed E-state index contributed by atoms with van der Waals surface area (Å²) in [6, 6.07) is 5.21. The molecule has 1 aliphatic rings. The second kappa shape index (κ2) is 13.3. The van der Waals surface area contributed by atoms with Gasteiger partial charge in [0.15, 0.2) is 12.6 Å². The number of hydrogen-bond donors (Lipinski definition) is 2. The van der Waals surface area contributed by atoms with Crippen LogP contribution in [0.1, 0.15) is 25.0 Å². The van der Waals surface area contributed by atoms with Crippen LogP contribution in [-0.2, 0) is 11.3 Å². The van der Waals surface area contributed by atoms with Crippen molar-refractivity contribution in [1.29, 1.82) is 0 Å². The van der Waals surface area contributed by atoms with Crippen LogP contribution in [0, 0.1) is 12.8 Å². The molecule has 0 aromatic heterocycles. The van der Waals surface area contributed by atoms with Crippen LogP contribution in [0.3, 0.4) is 0 Å². The molecule has 1 saturated heterocycles. The highest BCUT2D eigenvalue weighted by molar-refractivity contribution is 14.0. The average Bonchev–Trinajstić information content (AvgIpc) is 2.67. The second-order valence-electron chi connectivity index (χ2n) is 7.97. The molecule has 0 aliphatic carbocycles. The van der Waals surface area contributed by atoms with Crippen molar-refractivity contribution in [3.63, 3.8) is 0 Å². The van der Waals surface area contributed by atoms with E-state index in [1.165, 1.54) is 0 Å². The first-order valence-electron chi connectivity index (χ1n) is 10.2. The van der Waals surface area contributed by atoms with E-state index >= 15 is 0 Å². The summed E-state index contributed by atoms with van der Waals surface area (Å²) >= 11 is 0. The van der Waals surface area contributed by atoms with Crippen LogP contribution in [-0.4, -0.2) is 69.6 Å². The number of ether oxygens (including phenoxy) is 2. The lowest BCUT2D eigenvalue weighted by atomic mass is 10.1. The number of rotatable bonds is 8. The molecule has 1 atom stereocenters. The molecule has 1 unspecified atom stereocenters. The van der Waals surface area contributed by atoms with Crippen molar-refractivity contribution in [2.45, 2.75) is 39.6 Å². The molecule has 1 aromatic rings. The molecule has 178 valence electrons. The van der Waals surface area contributed by atoms with E-state index < -0.39 is 12.8 Å². The van der Waals surface area contributed by atoms with E-state index in [0.717, 1.165) is 25.2 Å². The maximum atomic E-state index is 12.5. The van der Waals surface area contributed by atoms with Gasteiger partial charge in [0.25, 0.3) is 0 Å². The molecule has 2 N–H and O–H groups in total. The molecule has 0 saturated carbocycles. The van der Waals surface area contributed by atoms with Crippen LogP contribution >= 0.6 is 24.0 Å². The Hall–Kier alpha value is -1.27. The van der Waals surface area contributed by atoms with Gasteiger partial charge in [-0.05, 0) is 24.5 Å². The third kappa shape index (κ3) is 10.7. The molecule has 2 rings (SSSR count). The highest BCUT2D eigenvalue weighted by Gasteiger charge is 2.29. The molecule has 1 fully saturated rings. The molecule has 10 heteroatoms. The Morgan fingerprint density at radius 2 is 2.06 bits per heavy atom. The summed E-state index contributed by atoms with van der Waals surface area (Å²) in [4.78, 5) is 6.59. The van der Waals surface area contributed by atoms with E-state index in [1.54, 1.807) is 19.2 Å². The zero-order chi connectivity index (χ0) is 22.1. The Bertz CT molecular complexity index is 702. The van der Waals surface area contributed by atoms with Crippen LogP contribution in [0.15, 0.2) is 23.2 Å². The van der Waals surface area contributed by atoms with Crippen LogP contribution in [0.2, 0.25) is 0 Å². The monoisotopic (exact) mass is 558 g/mol. The number of nitrogens with one attached hydrogen (secondary N) is 2. The van der Waals surface area contributed by atoms with E-state index in [2.05, 4.69) is 34.4 Å². The molecular formula is C21H34F3IN4O2. The number of hydrogen-bond acceptors (Lipinski definition) is 4. The molecule has 0 amide bonds. The minimum absolute atomic E-state index is 0. The normalized spacial score (nSPS) is 17.9. The number of benzene rings is 1. The summed E-state index contributed by atoms with van der Waals surface area (Å²) < 4.78 is 48.4. The standard InChI is InChI=1S/C21H33F3N4O2.HI/c1-15(2)12-28-7-8-29-18(13-28)11-27-20(25-4)26-10-17-6-5-16(3)9-19(17)30-14-21(22,23)24;/h5-6,9,15,18H,7-8,10-14H2,1-4H3,(H2,25,26,27);1H. The second-order valence-corrected chi connectivity index (χ2v) is 7.97. The minimum Gasteiger partial charge on any atom is -0.484 e. The fraction of sp³-hybridized carbons (Fsp3) is 0.667. The van der Waals surface area contributed by atoms with E-state index in [0.29, 0.717) is 30.6 Å². The minimum atomic E-state index is -4.38. The van der Waals surface area contributed by atoms with E-state index in [9.17, 15) is 13.2 Å². The van der Waals surface area contributed by atoms with Crippen LogP contribution in [0.25, 0.3) is 0 Å². The van der Waals surface area contributed by atoms with Gasteiger partial charge in [-0.1, -0.05) is 26.0 Å². The van der Waals surface area contributed by atoms with Crippen LogP contribution < -0.4 is 15.4 Å². The molecule has 1 heterocycles. The van der Waals surface area contributed by atoms with Gasteiger partial charge in [0.2, 0.25) is 0 Å². The number of morpholine rings is 1. The van der Waals surface area contributed by atoms with Crippen molar-refractivity contribution in [3.05, 3.63) is 29.3 Å². The zero-order valence-electron chi connectivity index (χ0n) is 18.6. The predicted molar refractivity (Wildman–Crippen MR) is 127 cm³/mol. The largest absolute Gasteiger partial charge is 0.484 e. The van der Waals surface area contributed by atoms with Gasteiger partial charge in [-0.25, -0.2) is 0 Å².